The van der Waals surface area contributed by atoms with Gasteiger partial charge < -0.3 is 24.9 Å². The number of nitrogens with one attached hydrogen (secondary N) is 2. The Kier molecular flexibility index (Phi) is 8.49. The van der Waals surface area contributed by atoms with Crippen LogP contribution in [0.1, 0.15) is 17.5 Å². The number of nitrogens with zero attached hydrogens (tertiary/aromatic N) is 5. The van der Waals surface area contributed by atoms with Crippen LogP contribution in [0.25, 0.3) is 0 Å². The Morgan fingerprint density at radius 1 is 1.34 bits per heavy atom. The van der Waals surface area contributed by atoms with Gasteiger partial charge in [-0.2, -0.15) is 5.10 Å². The normalized spacial score (nSPS) is 14.6. The van der Waals surface area contributed by atoms with Crippen molar-refractivity contribution in [1.82, 2.24) is 25.3 Å². The van der Waals surface area contributed by atoms with Crippen LogP contribution in [-0.2, 0) is 11.8 Å². The molecule has 10 nitrogen and oxygen atoms in total. The van der Waals surface area contributed by atoms with Crippen LogP contribution in [-0.4, -0.2) is 71.7 Å². The summed E-state index contributed by atoms with van der Waals surface area (Å²) in [6.07, 6.45) is 4.97. The molecule has 1 saturated heterocycles. The van der Waals surface area contributed by atoms with E-state index in [1.165, 1.54) is 6.26 Å². The van der Waals surface area contributed by atoms with E-state index in [2.05, 4.69) is 20.7 Å². The highest BCUT2D eigenvalue weighted by Gasteiger charge is 2.27. The van der Waals surface area contributed by atoms with E-state index in [1.807, 2.05) is 25.1 Å². The van der Waals surface area contributed by atoms with Crippen molar-refractivity contribution >= 4 is 47.4 Å². The number of carbonyl (C=O) groups excluding carboxylic acids is 2. The molecule has 2 amide bonds. The third-order valence-corrected chi connectivity index (χ3v) is 4.26. The van der Waals surface area contributed by atoms with Gasteiger partial charge in [-0.3, -0.25) is 19.3 Å². The predicted octanol–water partition coefficient (Wildman–Crippen LogP) is 0.675. The summed E-state index contributed by atoms with van der Waals surface area (Å²) < 4.78 is 6.73. The number of aromatic nitrogens is 2. The molecular weight excluding hydrogens is 489 g/mol. The second kappa shape index (κ2) is 10.8. The van der Waals surface area contributed by atoms with Crippen LogP contribution in [0.2, 0.25) is 0 Å². The number of aryl methyl sites for hydroxylation is 1. The molecule has 2 aromatic rings. The van der Waals surface area contributed by atoms with Crippen molar-refractivity contribution in [2.75, 3.05) is 44.2 Å². The van der Waals surface area contributed by atoms with Crippen molar-refractivity contribution in [3.8, 4) is 0 Å². The first-order valence-corrected chi connectivity index (χ1v) is 9.22. The Labute approximate surface area is 186 Å². The summed E-state index contributed by atoms with van der Waals surface area (Å²) >= 11 is 0. The van der Waals surface area contributed by atoms with Crippen LogP contribution in [0.3, 0.4) is 0 Å². The lowest BCUT2D eigenvalue weighted by Gasteiger charge is -2.35. The molecule has 1 fully saturated rings. The number of furan rings is 1. The van der Waals surface area contributed by atoms with Gasteiger partial charge in [0.2, 0.25) is 5.91 Å². The van der Waals surface area contributed by atoms with Crippen LogP contribution in [0.5, 0.6) is 0 Å². The quantitative estimate of drug-likeness (QED) is 0.254. The first-order valence-electron chi connectivity index (χ1n) is 9.22. The van der Waals surface area contributed by atoms with Gasteiger partial charge in [0.15, 0.2) is 11.7 Å². The second-order valence-corrected chi connectivity index (χ2v) is 6.31. The van der Waals surface area contributed by atoms with Gasteiger partial charge in [0, 0.05) is 39.4 Å². The Bertz CT molecular complexity index is 834. The smallest absolute Gasteiger partial charge is 0.287 e. The van der Waals surface area contributed by atoms with Gasteiger partial charge in [-0.1, -0.05) is 0 Å². The monoisotopic (exact) mass is 515 g/mol. The molecule has 0 unspecified atom stereocenters. The van der Waals surface area contributed by atoms with Crippen molar-refractivity contribution in [3.05, 3.63) is 36.5 Å². The zero-order valence-electron chi connectivity index (χ0n) is 16.5. The van der Waals surface area contributed by atoms with Crippen LogP contribution >= 0.6 is 24.0 Å². The molecule has 11 heteroatoms. The molecule has 1 aliphatic heterocycles. The molecule has 29 heavy (non-hydrogen) atoms. The predicted molar refractivity (Wildman–Crippen MR) is 120 cm³/mol. The van der Waals surface area contributed by atoms with E-state index in [-0.39, 0.29) is 48.1 Å². The number of rotatable bonds is 6. The minimum Gasteiger partial charge on any atom is -0.459 e. The maximum absolute atomic E-state index is 12.6. The Hall–Kier alpha value is -2.57. The van der Waals surface area contributed by atoms with Crippen molar-refractivity contribution in [3.63, 3.8) is 0 Å². The third kappa shape index (κ3) is 5.95. The van der Waals surface area contributed by atoms with E-state index in [0.717, 1.165) is 5.69 Å². The fourth-order valence-corrected chi connectivity index (χ4v) is 2.93. The molecular formula is C18H26IN7O3. The van der Waals surface area contributed by atoms with Gasteiger partial charge in [-0.05, 0) is 19.1 Å². The Morgan fingerprint density at radius 3 is 2.79 bits per heavy atom. The highest BCUT2D eigenvalue weighted by molar-refractivity contribution is 14.0. The molecule has 0 aromatic carbocycles. The largest absolute Gasteiger partial charge is 0.459 e. The fraction of sp³-hybridized carbons (Fsp3) is 0.444. The number of amides is 2. The molecule has 0 atom stereocenters. The molecule has 0 bridgehead atoms. The Morgan fingerprint density at radius 2 is 2.17 bits per heavy atom. The number of piperazine rings is 1. The van der Waals surface area contributed by atoms with Crippen molar-refractivity contribution in [2.24, 2.45) is 12.0 Å². The minimum atomic E-state index is -0.273. The third-order valence-electron chi connectivity index (χ3n) is 4.26. The van der Waals surface area contributed by atoms with E-state index in [0.29, 0.717) is 38.7 Å². The number of aliphatic imine (C=N–C) groups is 1. The van der Waals surface area contributed by atoms with Gasteiger partial charge in [0.05, 0.1) is 24.7 Å². The molecule has 3 heterocycles. The summed E-state index contributed by atoms with van der Waals surface area (Å²) in [4.78, 5) is 32.6. The Balaban J connectivity index is 0.00000300. The van der Waals surface area contributed by atoms with Gasteiger partial charge in [0.25, 0.3) is 5.91 Å². The topological polar surface area (TPSA) is 108 Å². The van der Waals surface area contributed by atoms with E-state index in [4.69, 9.17) is 4.42 Å². The first-order chi connectivity index (χ1) is 13.6. The highest BCUT2D eigenvalue weighted by atomic mass is 127. The molecule has 0 radical (unpaired) electrons. The van der Waals surface area contributed by atoms with Crippen LogP contribution < -0.4 is 15.5 Å². The average molecular weight is 515 g/mol. The highest BCUT2D eigenvalue weighted by Crippen LogP contribution is 2.16. The molecule has 158 valence electrons. The molecule has 3 rings (SSSR count). The maximum Gasteiger partial charge on any atom is 0.287 e. The van der Waals surface area contributed by atoms with Crippen LogP contribution in [0.15, 0.2) is 40.2 Å². The molecule has 0 aliphatic carbocycles. The molecule has 0 spiro atoms. The number of guanidine groups is 1. The molecule has 1 aliphatic rings. The van der Waals surface area contributed by atoms with E-state index in [1.54, 1.807) is 27.9 Å². The molecule has 0 saturated carbocycles. The fourth-order valence-electron chi connectivity index (χ4n) is 2.93. The first kappa shape index (κ1) is 22.7. The van der Waals surface area contributed by atoms with Gasteiger partial charge in [-0.15, -0.1) is 24.0 Å². The molecule has 2 aromatic heterocycles. The average Bonchev–Trinajstić information content (AvgIpc) is 3.36. The van der Waals surface area contributed by atoms with Crippen molar-refractivity contribution < 1.29 is 14.0 Å². The maximum atomic E-state index is 12.6. The summed E-state index contributed by atoms with van der Waals surface area (Å²) in [5, 5.41) is 10.1. The molecule has 2 N–H and O–H groups in total. The van der Waals surface area contributed by atoms with E-state index in [9.17, 15) is 9.59 Å². The van der Waals surface area contributed by atoms with Crippen molar-refractivity contribution in [1.29, 1.82) is 0 Å². The number of anilines is 1. The summed E-state index contributed by atoms with van der Waals surface area (Å²) in [5.41, 5.74) is 0.801. The lowest BCUT2D eigenvalue weighted by atomic mass is 10.3. The standard InChI is InChI=1S/C18H25N7O3.HI/c1-3-19-18(21-7-6-20-17(27)15-5-4-10-28-15)24-8-9-25(16(26)13-24)14-11-22-23(2)12-14;/h4-5,10-12H,3,6-9,13H2,1-2H3,(H,19,21)(H,20,27);1H. The van der Waals surface area contributed by atoms with E-state index < -0.39 is 0 Å². The van der Waals surface area contributed by atoms with Crippen LogP contribution in [0, 0.1) is 0 Å². The zero-order chi connectivity index (χ0) is 19.9. The number of hydrogen-bond donors (Lipinski definition) is 2. The lowest BCUT2D eigenvalue weighted by Crippen LogP contribution is -2.55. The minimum absolute atomic E-state index is 0. The number of hydrogen-bond acceptors (Lipinski definition) is 5. The van der Waals surface area contributed by atoms with Crippen molar-refractivity contribution in [2.45, 2.75) is 6.92 Å². The second-order valence-electron chi connectivity index (χ2n) is 6.31. The lowest BCUT2D eigenvalue weighted by molar-refractivity contribution is -0.120. The SMILES string of the molecule is CCNC(=NCCNC(=O)c1ccco1)N1CCN(c2cnn(C)c2)C(=O)C1.I. The summed E-state index contributed by atoms with van der Waals surface area (Å²) in [7, 11) is 1.82. The van der Waals surface area contributed by atoms with Gasteiger partial charge in [0.1, 0.15) is 6.54 Å². The zero-order valence-corrected chi connectivity index (χ0v) is 18.8. The summed E-state index contributed by atoms with van der Waals surface area (Å²) in [5.74, 6) is 0.656. The summed E-state index contributed by atoms with van der Waals surface area (Å²) in [6, 6.07) is 3.27. The van der Waals surface area contributed by atoms with Crippen LogP contribution in [0.4, 0.5) is 5.69 Å². The van der Waals surface area contributed by atoms with Gasteiger partial charge in [-0.25, -0.2) is 0 Å². The summed E-state index contributed by atoms with van der Waals surface area (Å²) in [6.45, 7) is 4.88. The number of halogens is 1. The van der Waals surface area contributed by atoms with Gasteiger partial charge >= 0.3 is 0 Å². The van der Waals surface area contributed by atoms with E-state index >= 15 is 0 Å². The number of carbonyl (C=O) groups is 2.